The summed E-state index contributed by atoms with van der Waals surface area (Å²) in [5, 5.41) is 2.31. The van der Waals surface area contributed by atoms with E-state index in [1.165, 1.54) is 4.90 Å². The van der Waals surface area contributed by atoms with Crippen LogP contribution < -0.4 is 14.8 Å². The second kappa shape index (κ2) is 9.47. The Bertz CT molecular complexity index is 995. The number of amides is 3. The van der Waals surface area contributed by atoms with E-state index >= 15 is 0 Å². The topological polar surface area (TPSA) is 97.8 Å². The highest BCUT2D eigenvalue weighted by Gasteiger charge is 2.40. The molecule has 2 aliphatic rings. The molecule has 1 atom stereocenters. The van der Waals surface area contributed by atoms with E-state index in [1.807, 2.05) is 12.1 Å². The average Bonchev–Trinajstić information content (AvgIpc) is 3.09. The fraction of sp³-hybridized carbons (Fsp3) is 0.364. The molecule has 0 saturated carbocycles. The zero-order chi connectivity index (χ0) is 21.8. The number of piperidine rings is 1. The minimum atomic E-state index is -0.630. The van der Waals surface area contributed by atoms with Gasteiger partial charge in [-0.15, -0.1) is 0 Å². The van der Waals surface area contributed by atoms with Crippen LogP contribution in [0, 0.1) is 0 Å². The summed E-state index contributed by atoms with van der Waals surface area (Å²) in [7, 11) is 0. The number of benzene rings is 1. The number of ether oxygens (including phenoxy) is 2. The van der Waals surface area contributed by atoms with Crippen molar-refractivity contribution in [2.45, 2.75) is 38.3 Å². The second-order valence-electron chi connectivity index (χ2n) is 7.40. The Labute approximate surface area is 188 Å². The molecule has 2 aromatic rings. The van der Waals surface area contributed by atoms with Crippen molar-refractivity contribution in [3.8, 4) is 11.6 Å². The van der Waals surface area contributed by atoms with Crippen molar-refractivity contribution in [1.29, 1.82) is 0 Å². The van der Waals surface area contributed by atoms with Gasteiger partial charge in [-0.25, -0.2) is 4.98 Å². The van der Waals surface area contributed by atoms with Crippen LogP contribution in [0.3, 0.4) is 0 Å². The van der Waals surface area contributed by atoms with Crippen molar-refractivity contribution in [3.05, 3.63) is 52.1 Å². The Morgan fingerprint density at radius 3 is 2.65 bits per heavy atom. The molecule has 1 fully saturated rings. The number of pyridine rings is 1. The predicted molar refractivity (Wildman–Crippen MR) is 115 cm³/mol. The number of rotatable bonds is 8. The smallest absolute Gasteiger partial charge is 0.255 e. The predicted octanol–water partition coefficient (Wildman–Crippen LogP) is 2.84. The molecule has 1 N–H and O–H groups in total. The molecule has 0 spiro atoms. The number of imide groups is 1. The molecule has 3 amide bonds. The van der Waals surface area contributed by atoms with Gasteiger partial charge in [0.05, 0.1) is 19.8 Å². The van der Waals surface area contributed by atoms with Gasteiger partial charge in [-0.1, -0.05) is 6.07 Å². The molecule has 9 heteroatoms. The van der Waals surface area contributed by atoms with E-state index in [2.05, 4.69) is 26.2 Å². The summed E-state index contributed by atoms with van der Waals surface area (Å²) in [5.74, 6) is 0.313. The van der Waals surface area contributed by atoms with E-state index < -0.39 is 11.9 Å². The van der Waals surface area contributed by atoms with Gasteiger partial charge in [-0.2, -0.15) is 0 Å². The van der Waals surface area contributed by atoms with Crippen LogP contribution >= 0.6 is 15.9 Å². The molecule has 0 radical (unpaired) electrons. The van der Waals surface area contributed by atoms with Crippen LogP contribution in [0.5, 0.6) is 11.6 Å². The van der Waals surface area contributed by atoms with Crippen LogP contribution in [0.25, 0.3) is 0 Å². The van der Waals surface area contributed by atoms with E-state index in [0.717, 1.165) is 22.9 Å². The second-order valence-corrected chi connectivity index (χ2v) is 8.32. The van der Waals surface area contributed by atoms with Crippen molar-refractivity contribution < 1.29 is 23.9 Å². The number of nitrogens with one attached hydrogen (secondary N) is 1. The zero-order valence-corrected chi connectivity index (χ0v) is 18.4. The van der Waals surface area contributed by atoms with E-state index in [-0.39, 0.29) is 18.2 Å². The third-order valence-electron chi connectivity index (χ3n) is 5.29. The molecular formula is C22H22BrN3O5. The van der Waals surface area contributed by atoms with Crippen LogP contribution in [-0.4, -0.2) is 46.9 Å². The van der Waals surface area contributed by atoms with Crippen molar-refractivity contribution in [3.63, 3.8) is 0 Å². The highest BCUT2D eigenvalue weighted by Crippen LogP contribution is 2.33. The monoisotopic (exact) mass is 487 g/mol. The number of nitrogens with zero attached hydrogens (tertiary/aromatic N) is 2. The maximum absolute atomic E-state index is 12.8. The first-order valence-electron chi connectivity index (χ1n) is 10.2. The van der Waals surface area contributed by atoms with E-state index in [4.69, 9.17) is 9.47 Å². The third kappa shape index (κ3) is 4.87. The number of hydrogen-bond donors (Lipinski definition) is 1. The van der Waals surface area contributed by atoms with Gasteiger partial charge in [0.25, 0.3) is 5.91 Å². The summed E-state index contributed by atoms with van der Waals surface area (Å²) >= 11 is 3.33. The lowest BCUT2D eigenvalue weighted by Gasteiger charge is -2.29. The first kappa shape index (κ1) is 21.3. The van der Waals surface area contributed by atoms with Gasteiger partial charge >= 0.3 is 0 Å². The fourth-order valence-electron chi connectivity index (χ4n) is 3.70. The Hall–Kier alpha value is -2.94. The van der Waals surface area contributed by atoms with Gasteiger partial charge in [0.1, 0.15) is 11.8 Å². The summed E-state index contributed by atoms with van der Waals surface area (Å²) in [6.45, 7) is 1.32. The van der Waals surface area contributed by atoms with E-state index in [1.54, 1.807) is 24.4 Å². The van der Waals surface area contributed by atoms with Gasteiger partial charge in [-0.05, 0) is 53.4 Å². The number of hydrogen-bond acceptors (Lipinski definition) is 6. The lowest BCUT2D eigenvalue weighted by Crippen LogP contribution is -2.52. The molecule has 3 heterocycles. The molecule has 2 aliphatic heterocycles. The van der Waals surface area contributed by atoms with Crippen LogP contribution in [0.4, 0.5) is 0 Å². The standard InChI is InChI=1S/C22H22BrN3O5/c23-14-6-9-20(24-12-14)31-11-2-1-10-30-18-5-3-4-15-16(18)13-26(22(15)29)17-7-8-19(27)25-21(17)28/h3-6,9,12,17H,1-2,7-8,10-11,13H2,(H,25,27,28). The molecule has 1 saturated heterocycles. The molecule has 4 rings (SSSR count). The lowest BCUT2D eigenvalue weighted by atomic mass is 10.0. The van der Waals surface area contributed by atoms with Gasteiger partial charge in [0.15, 0.2) is 0 Å². The zero-order valence-electron chi connectivity index (χ0n) is 16.8. The highest BCUT2D eigenvalue weighted by molar-refractivity contribution is 9.10. The number of unbranched alkanes of at least 4 members (excludes halogenated alkanes) is 1. The maximum atomic E-state index is 12.8. The first-order valence-corrected chi connectivity index (χ1v) is 11.0. The molecule has 1 unspecified atom stereocenters. The van der Waals surface area contributed by atoms with Crippen LogP contribution in [0.2, 0.25) is 0 Å². The Balaban J connectivity index is 1.29. The molecule has 162 valence electrons. The highest BCUT2D eigenvalue weighted by atomic mass is 79.9. The molecule has 0 aliphatic carbocycles. The van der Waals surface area contributed by atoms with Gasteiger partial charge in [-0.3, -0.25) is 19.7 Å². The minimum absolute atomic E-state index is 0.203. The third-order valence-corrected chi connectivity index (χ3v) is 5.75. The lowest BCUT2D eigenvalue weighted by molar-refractivity contribution is -0.136. The number of carbonyl (C=O) groups excluding carboxylic acids is 3. The number of carbonyl (C=O) groups is 3. The van der Waals surface area contributed by atoms with Crippen LogP contribution in [0.15, 0.2) is 41.0 Å². The largest absolute Gasteiger partial charge is 0.493 e. The summed E-state index contributed by atoms with van der Waals surface area (Å²) in [4.78, 5) is 42.1. The summed E-state index contributed by atoms with van der Waals surface area (Å²) < 4.78 is 12.4. The van der Waals surface area contributed by atoms with Gasteiger partial charge in [0, 0.05) is 34.3 Å². The van der Waals surface area contributed by atoms with Crippen molar-refractivity contribution in [2.24, 2.45) is 0 Å². The SMILES string of the molecule is O=C1CCC(N2Cc3c(OCCCCOc4ccc(Br)cn4)cccc3C2=O)C(=O)N1. The Morgan fingerprint density at radius 2 is 1.90 bits per heavy atom. The number of aromatic nitrogens is 1. The molecule has 8 nitrogen and oxygen atoms in total. The van der Waals surface area contributed by atoms with Crippen LogP contribution in [0.1, 0.15) is 41.6 Å². The summed E-state index contributed by atoms with van der Waals surface area (Å²) in [6, 6.07) is 8.41. The Morgan fingerprint density at radius 1 is 1.10 bits per heavy atom. The minimum Gasteiger partial charge on any atom is -0.493 e. The number of halogens is 1. The molecule has 0 bridgehead atoms. The average molecular weight is 488 g/mol. The van der Waals surface area contributed by atoms with Crippen molar-refractivity contribution in [1.82, 2.24) is 15.2 Å². The first-order chi connectivity index (χ1) is 15.0. The van der Waals surface area contributed by atoms with Crippen molar-refractivity contribution >= 4 is 33.7 Å². The van der Waals surface area contributed by atoms with Crippen LogP contribution in [-0.2, 0) is 16.1 Å². The number of fused-ring (bicyclic) bond motifs is 1. The molecule has 31 heavy (non-hydrogen) atoms. The molecular weight excluding hydrogens is 466 g/mol. The maximum Gasteiger partial charge on any atom is 0.255 e. The van der Waals surface area contributed by atoms with E-state index in [0.29, 0.717) is 43.4 Å². The van der Waals surface area contributed by atoms with Gasteiger partial charge in [0.2, 0.25) is 17.7 Å². The normalized spacial score (nSPS) is 18.0. The molecule has 1 aromatic carbocycles. The van der Waals surface area contributed by atoms with Crippen molar-refractivity contribution in [2.75, 3.05) is 13.2 Å². The molecule has 1 aromatic heterocycles. The van der Waals surface area contributed by atoms with Gasteiger partial charge < -0.3 is 14.4 Å². The van der Waals surface area contributed by atoms with E-state index in [9.17, 15) is 14.4 Å². The summed E-state index contributed by atoms with van der Waals surface area (Å²) in [6.07, 6.45) is 3.85. The fourth-order valence-corrected chi connectivity index (χ4v) is 3.94. The summed E-state index contributed by atoms with van der Waals surface area (Å²) in [5.41, 5.74) is 1.33. The quantitative estimate of drug-likeness (QED) is 0.454. The Kier molecular flexibility index (Phi) is 6.50.